The predicted molar refractivity (Wildman–Crippen MR) is 71.4 cm³/mol. The largest absolute Gasteiger partial charge is 0.385 e. The molecule has 0 atom stereocenters. The second kappa shape index (κ2) is 6.16. The van der Waals surface area contributed by atoms with Crippen LogP contribution in [0.5, 0.6) is 0 Å². The predicted octanol–water partition coefficient (Wildman–Crippen LogP) is 4.61. The van der Waals surface area contributed by atoms with Crippen molar-refractivity contribution >= 4 is 21.6 Å². The van der Waals surface area contributed by atoms with Crippen LogP contribution in [0, 0.1) is 12.8 Å². The Bertz CT molecular complexity index is 307. The number of halogens is 1. The van der Waals surface area contributed by atoms with Crippen molar-refractivity contribution in [1.82, 2.24) is 0 Å². The molecule has 1 aromatic carbocycles. The van der Waals surface area contributed by atoms with Gasteiger partial charge >= 0.3 is 0 Å². The van der Waals surface area contributed by atoms with Crippen LogP contribution in [-0.2, 0) is 0 Å². The first kappa shape index (κ1) is 12.6. The Hall–Kier alpha value is -0.500. The first-order valence-corrected chi connectivity index (χ1v) is 6.39. The summed E-state index contributed by atoms with van der Waals surface area (Å²) in [4.78, 5) is 0. The molecule has 15 heavy (non-hydrogen) atoms. The lowest BCUT2D eigenvalue weighted by Gasteiger charge is -2.09. The van der Waals surface area contributed by atoms with Gasteiger partial charge in [0.2, 0.25) is 0 Å². The summed E-state index contributed by atoms with van der Waals surface area (Å²) < 4.78 is 1.18. The molecule has 0 heterocycles. The molecule has 1 aromatic rings. The zero-order chi connectivity index (χ0) is 11.3. The highest BCUT2D eigenvalue weighted by Gasteiger charge is 1.97. The van der Waals surface area contributed by atoms with Crippen molar-refractivity contribution < 1.29 is 0 Å². The number of nitrogens with one attached hydrogen (secondary N) is 1. The lowest BCUT2D eigenvalue weighted by molar-refractivity contribution is 0.567. The monoisotopic (exact) mass is 269 g/mol. The molecule has 0 aliphatic carbocycles. The molecule has 0 fully saturated rings. The van der Waals surface area contributed by atoms with Crippen LogP contribution in [0.4, 0.5) is 5.69 Å². The summed E-state index contributed by atoms with van der Waals surface area (Å²) in [5.74, 6) is 0.804. The summed E-state index contributed by atoms with van der Waals surface area (Å²) in [6.45, 7) is 7.72. The minimum absolute atomic E-state index is 0.804. The summed E-state index contributed by atoms with van der Waals surface area (Å²) in [5.41, 5.74) is 2.50. The molecule has 1 nitrogen and oxygen atoms in total. The average Bonchev–Trinajstić information content (AvgIpc) is 2.18. The maximum Gasteiger partial charge on any atom is 0.0343 e. The topological polar surface area (TPSA) is 12.0 Å². The van der Waals surface area contributed by atoms with Crippen LogP contribution in [0.2, 0.25) is 0 Å². The Morgan fingerprint density at radius 1 is 1.33 bits per heavy atom. The van der Waals surface area contributed by atoms with E-state index in [0.29, 0.717) is 0 Å². The molecule has 0 spiro atoms. The van der Waals surface area contributed by atoms with E-state index in [1.54, 1.807) is 0 Å². The number of anilines is 1. The van der Waals surface area contributed by atoms with Gasteiger partial charge < -0.3 is 5.32 Å². The van der Waals surface area contributed by atoms with E-state index in [4.69, 9.17) is 0 Å². The van der Waals surface area contributed by atoms with Crippen LogP contribution in [-0.4, -0.2) is 6.54 Å². The Morgan fingerprint density at radius 3 is 2.67 bits per heavy atom. The summed E-state index contributed by atoms with van der Waals surface area (Å²) in [7, 11) is 0. The van der Waals surface area contributed by atoms with Crippen molar-refractivity contribution in [3.8, 4) is 0 Å². The molecule has 1 N–H and O–H groups in total. The van der Waals surface area contributed by atoms with Gasteiger partial charge in [0.05, 0.1) is 0 Å². The normalized spacial score (nSPS) is 10.7. The van der Waals surface area contributed by atoms with Gasteiger partial charge in [0.15, 0.2) is 0 Å². The lowest BCUT2D eigenvalue weighted by Crippen LogP contribution is -2.03. The van der Waals surface area contributed by atoms with Crippen LogP contribution in [0.25, 0.3) is 0 Å². The van der Waals surface area contributed by atoms with Crippen molar-refractivity contribution in [3.63, 3.8) is 0 Å². The van der Waals surface area contributed by atoms with E-state index in [-0.39, 0.29) is 0 Å². The summed E-state index contributed by atoms with van der Waals surface area (Å²) >= 11 is 3.50. The van der Waals surface area contributed by atoms with E-state index in [9.17, 15) is 0 Å². The van der Waals surface area contributed by atoms with E-state index < -0.39 is 0 Å². The van der Waals surface area contributed by atoms with E-state index in [2.05, 4.69) is 60.2 Å². The van der Waals surface area contributed by atoms with Gasteiger partial charge in [-0.05, 0) is 49.4 Å². The molecular weight excluding hydrogens is 250 g/mol. The zero-order valence-corrected chi connectivity index (χ0v) is 11.4. The van der Waals surface area contributed by atoms with Crippen molar-refractivity contribution in [2.45, 2.75) is 33.6 Å². The molecule has 0 radical (unpaired) electrons. The smallest absolute Gasteiger partial charge is 0.0343 e. The van der Waals surface area contributed by atoms with Crippen LogP contribution in [0.1, 0.15) is 32.3 Å². The number of benzene rings is 1. The lowest BCUT2D eigenvalue weighted by atomic mass is 10.1. The second-order valence-corrected chi connectivity index (χ2v) is 5.28. The molecule has 0 aliphatic rings. The Labute approximate surface area is 101 Å². The Balaban J connectivity index is 2.35. The molecule has 0 unspecified atom stereocenters. The van der Waals surface area contributed by atoms with Crippen molar-refractivity contribution in [3.05, 3.63) is 28.2 Å². The third-order valence-electron chi connectivity index (χ3n) is 2.45. The SMILES string of the molecule is Cc1cc(NCCCC(C)C)ccc1Br. The first-order chi connectivity index (χ1) is 7.09. The van der Waals surface area contributed by atoms with Crippen molar-refractivity contribution in [1.29, 1.82) is 0 Å². The fourth-order valence-corrected chi connectivity index (χ4v) is 1.74. The highest BCUT2D eigenvalue weighted by molar-refractivity contribution is 9.10. The molecule has 0 saturated heterocycles. The summed E-state index contributed by atoms with van der Waals surface area (Å²) in [5, 5.41) is 3.45. The number of aryl methyl sites for hydroxylation is 1. The van der Waals surface area contributed by atoms with Gasteiger partial charge in [-0.25, -0.2) is 0 Å². The van der Waals surface area contributed by atoms with E-state index in [1.165, 1.54) is 28.6 Å². The molecule has 2 heteroatoms. The van der Waals surface area contributed by atoms with E-state index in [0.717, 1.165) is 12.5 Å². The minimum atomic E-state index is 0.804. The second-order valence-electron chi connectivity index (χ2n) is 4.43. The number of rotatable bonds is 5. The van der Waals surface area contributed by atoms with Gasteiger partial charge in [0.25, 0.3) is 0 Å². The highest BCUT2D eigenvalue weighted by atomic mass is 79.9. The van der Waals surface area contributed by atoms with Gasteiger partial charge in [-0.15, -0.1) is 0 Å². The van der Waals surface area contributed by atoms with Crippen LogP contribution < -0.4 is 5.32 Å². The Kier molecular flexibility index (Phi) is 5.16. The molecule has 0 amide bonds. The first-order valence-electron chi connectivity index (χ1n) is 5.59. The van der Waals surface area contributed by atoms with Crippen molar-refractivity contribution in [2.24, 2.45) is 5.92 Å². The fourth-order valence-electron chi connectivity index (χ4n) is 1.50. The molecule has 84 valence electrons. The summed E-state index contributed by atoms with van der Waals surface area (Å²) in [6, 6.07) is 6.39. The van der Waals surface area contributed by atoms with Crippen molar-refractivity contribution in [2.75, 3.05) is 11.9 Å². The molecule has 0 aromatic heterocycles. The molecule has 0 bridgehead atoms. The fraction of sp³-hybridized carbons (Fsp3) is 0.538. The van der Waals surface area contributed by atoms with Gasteiger partial charge in [0, 0.05) is 16.7 Å². The highest BCUT2D eigenvalue weighted by Crippen LogP contribution is 2.20. The van der Waals surface area contributed by atoms with Crippen LogP contribution in [0.3, 0.4) is 0 Å². The van der Waals surface area contributed by atoms with Gasteiger partial charge in [-0.2, -0.15) is 0 Å². The molecular formula is C13H20BrN. The average molecular weight is 270 g/mol. The molecule has 0 saturated carbocycles. The molecule has 0 aliphatic heterocycles. The van der Waals surface area contributed by atoms with E-state index >= 15 is 0 Å². The minimum Gasteiger partial charge on any atom is -0.385 e. The van der Waals surface area contributed by atoms with E-state index in [1.807, 2.05) is 0 Å². The maximum absolute atomic E-state index is 3.50. The summed E-state index contributed by atoms with van der Waals surface area (Å²) in [6.07, 6.45) is 2.54. The van der Waals surface area contributed by atoms with Gasteiger partial charge in [-0.1, -0.05) is 29.8 Å². The van der Waals surface area contributed by atoms with Gasteiger partial charge in [-0.3, -0.25) is 0 Å². The Morgan fingerprint density at radius 2 is 2.07 bits per heavy atom. The zero-order valence-electron chi connectivity index (χ0n) is 9.81. The van der Waals surface area contributed by atoms with Crippen LogP contribution >= 0.6 is 15.9 Å². The number of hydrogen-bond donors (Lipinski definition) is 1. The third kappa shape index (κ3) is 4.70. The third-order valence-corrected chi connectivity index (χ3v) is 3.34. The maximum atomic E-state index is 3.50. The van der Waals surface area contributed by atoms with Gasteiger partial charge in [0.1, 0.15) is 0 Å². The number of hydrogen-bond acceptors (Lipinski definition) is 1. The standard InChI is InChI=1S/C13H20BrN/c1-10(2)5-4-8-15-12-6-7-13(14)11(3)9-12/h6-7,9-10,15H,4-5,8H2,1-3H3. The molecule has 1 rings (SSSR count). The quantitative estimate of drug-likeness (QED) is 0.771. The van der Waals surface area contributed by atoms with Crippen LogP contribution in [0.15, 0.2) is 22.7 Å².